The Hall–Kier alpha value is 0.130. The van der Waals surface area contributed by atoms with Crippen molar-refractivity contribution in [2.45, 2.75) is 36.5 Å². The molecule has 0 amide bonds. The van der Waals surface area contributed by atoms with Crippen molar-refractivity contribution >= 4 is 28.7 Å². The summed E-state index contributed by atoms with van der Waals surface area (Å²) in [4.78, 5) is 0. The highest BCUT2D eigenvalue weighted by atomic mass is 32.2. The van der Waals surface area contributed by atoms with Gasteiger partial charge in [0, 0.05) is 11.9 Å². The molecule has 2 saturated heterocycles. The van der Waals surface area contributed by atoms with E-state index in [4.69, 9.17) is 15.9 Å². The van der Waals surface area contributed by atoms with Crippen LogP contribution < -0.4 is 5.73 Å². The second kappa shape index (κ2) is 4.97. The molecule has 15 heavy (non-hydrogen) atoms. The van der Waals surface area contributed by atoms with E-state index in [9.17, 15) is 0 Å². The molecule has 0 aliphatic carbocycles. The normalized spacial score (nSPS) is 30.3. The third-order valence-electron chi connectivity index (χ3n) is 3.15. The predicted octanol–water partition coefficient (Wildman–Crippen LogP) is 2.06. The smallest absolute Gasteiger partial charge is 0.151 e. The summed E-state index contributed by atoms with van der Waals surface area (Å²) in [5, 5.41) is 8.08. The molecule has 86 valence electrons. The monoisotopic (exact) mass is 246 g/mol. The zero-order chi connectivity index (χ0) is 10.7. The molecule has 0 aromatic carbocycles. The van der Waals surface area contributed by atoms with Gasteiger partial charge in [0.05, 0.1) is 5.60 Å². The van der Waals surface area contributed by atoms with Gasteiger partial charge >= 0.3 is 0 Å². The third-order valence-corrected chi connectivity index (χ3v) is 5.12. The lowest BCUT2D eigenvalue weighted by Gasteiger charge is -2.42. The van der Waals surface area contributed by atoms with Gasteiger partial charge in [-0.05, 0) is 37.2 Å². The van der Waals surface area contributed by atoms with Crippen LogP contribution in [-0.2, 0) is 4.74 Å². The molecule has 2 heterocycles. The van der Waals surface area contributed by atoms with E-state index in [0.717, 1.165) is 19.4 Å². The maximum atomic E-state index is 7.33. The summed E-state index contributed by atoms with van der Waals surface area (Å²) in [7, 11) is 0. The largest absolute Gasteiger partial charge is 0.379 e. The number of hydrogen-bond acceptors (Lipinski definition) is 4. The van der Waals surface area contributed by atoms with E-state index in [1.807, 2.05) is 11.8 Å². The molecular weight excluding hydrogens is 228 g/mol. The topological polar surface area (TPSA) is 59.1 Å². The first-order valence-electron chi connectivity index (χ1n) is 5.43. The molecule has 3 nitrogen and oxygen atoms in total. The van der Waals surface area contributed by atoms with Crippen molar-refractivity contribution in [3.63, 3.8) is 0 Å². The van der Waals surface area contributed by atoms with Crippen molar-refractivity contribution in [1.82, 2.24) is 0 Å². The number of nitrogens with one attached hydrogen (secondary N) is 1. The minimum absolute atomic E-state index is 0.122. The fourth-order valence-corrected chi connectivity index (χ4v) is 4.55. The van der Waals surface area contributed by atoms with E-state index >= 15 is 0 Å². The standard InChI is InChI=1S/C10H18N2OS2/c11-9(12)15-8-1-4-13-10(7-8)2-5-14-6-3-10/h8H,1-7H2,(H3,11,12). The van der Waals surface area contributed by atoms with Gasteiger partial charge in [-0.3, -0.25) is 5.41 Å². The Labute approximate surface area is 99.4 Å². The van der Waals surface area contributed by atoms with E-state index < -0.39 is 0 Å². The third kappa shape index (κ3) is 3.04. The number of thioether (sulfide) groups is 2. The molecule has 3 N–H and O–H groups in total. The van der Waals surface area contributed by atoms with Crippen molar-refractivity contribution in [3.05, 3.63) is 0 Å². The van der Waals surface area contributed by atoms with Crippen LogP contribution in [0.25, 0.3) is 0 Å². The summed E-state index contributed by atoms with van der Waals surface area (Å²) in [6.07, 6.45) is 4.47. The molecule has 0 saturated carbocycles. The van der Waals surface area contributed by atoms with E-state index in [-0.39, 0.29) is 10.8 Å². The van der Waals surface area contributed by atoms with Crippen LogP contribution >= 0.6 is 23.5 Å². The molecular formula is C10H18N2OS2. The summed E-state index contributed by atoms with van der Waals surface area (Å²) in [5.74, 6) is 2.44. The van der Waals surface area contributed by atoms with Gasteiger partial charge in [0.15, 0.2) is 5.17 Å². The number of nitrogens with two attached hydrogens (primary N) is 1. The zero-order valence-electron chi connectivity index (χ0n) is 8.83. The van der Waals surface area contributed by atoms with Crippen LogP contribution in [0, 0.1) is 5.41 Å². The first-order chi connectivity index (χ1) is 7.20. The Morgan fingerprint density at radius 3 is 2.87 bits per heavy atom. The van der Waals surface area contributed by atoms with Gasteiger partial charge in [-0.1, -0.05) is 11.8 Å². The van der Waals surface area contributed by atoms with Gasteiger partial charge in [0.1, 0.15) is 0 Å². The molecule has 2 fully saturated rings. The lowest BCUT2D eigenvalue weighted by atomic mass is 9.88. The molecule has 1 spiro atoms. The van der Waals surface area contributed by atoms with Crippen molar-refractivity contribution in [2.24, 2.45) is 5.73 Å². The maximum absolute atomic E-state index is 7.33. The summed E-state index contributed by atoms with van der Waals surface area (Å²) >= 11 is 3.54. The van der Waals surface area contributed by atoms with Crippen LogP contribution in [0.1, 0.15) is 25.7 Å². The minimum atomic E-state index is 0.122. The predicted molar refractivity (Wildman–Crippen MR) is 67.8 cm³/mol. The van der Waals surface area contributed by atoms with Crippen molar-refractivity contribution < 1.29 is 4.74 Å². The van der Waals surface area contributed by atoms with E-state index in [1.54, 1.807) is 0 Å². The molecule has 2 aliphatic rings. The van der Waals surface area contributed by atoms with Crippen LogP contribution in [0.3, 0.4) is 0 Å². The zero-order valence-corrected chi connectivity index (χ0v) is 10.5. The highest BCUT2D eigenvalue weighted by molar-refractivity contribution is 8.14. The number of ether oxygens (including phenoxy) is 1. The van der Waals surface area contributed by atoms with Gasteiger partial charge < -0.3 is 10.5 Å². The molecule has 0 aromatic heterocycles. The van der Waals surface area contributed by atoms with E-state index in [0.29, 0.717) is 5.25 Å². The highest BCUT2D eigenvalue weighted by Gasteiger charge is 2.39. The molecule has 1 unspecified atom stereocenters. The number of hydrogen-bond donors (Lipinski definition) is 2. The summed E-state index contributed by atoms with van der Waals surface area (Å²) in [6.45, 7) is 0.843. The van der Waals surface area contributed by atoms with Crippen molar-refractivity contribution in [2.75, 3.05) is 18.1 Å². The van der Waals surface area contributed by atoms with Gasteiger partial charge in [-0.2, -0.15) is 11.8 Å². The first kappa shape index (κ1) is 11.6. The lowest BCUT2D eigenvalue weighted by Crippen LogP contribution is -2.44. The van der Waals surface area contributed by atoms with Crippen molar-refractivity contribution in [1.29, 1.82) is 5.41 Å². The quantitative estimate of drug-likeness (QED) is 0.549. The Kier molecular flexibility index (Phi) is 3.85. The Morgan fingerprint density at radius 1 is 1.47 bits per heavy atom. The average molecular weight is 246 g/mol. The van der Waals surface area contributed by atoms with Crippen molar-refractivity contribution in [3.8, 4) is 0 Å². The fraction of sp³-hybridized carbons (Fsp3) is 0.900. The van der Waals surface area contributed by atoms with Crippen LogP contribution in [0.4, 0.5) is 0 Å². The Balaban J connectivity index is 1.93. The molecule has 1 atom stereocenters. The molecule has 5 heteroatoms. The highest BCUT2D eigenvalue weighted by Crippen LogP contribution is 2.40. The Morgan fingerprint density at radius 2 is 2.20 bits per heavy atom. The number of amidine groups is 1. The second-order valence-electron chi connectivity index (χ2n) is 4.24. The molecule has 0 bridgehead atoms. The summed E-state index contributed by atoms with van der Waals surface area (Å²) in [5.41, 5.74) is 5.56. The fourth-order valence-electron chi connectivity index (χ4n) is 2.35. The Bertz CT molecular complexity index is 236. The van der Waals surface area contributed by atoms with Gasteiger partial charge in [0.25, 0.3) is 0 Å². The first-order valence-corrected chi connectivity index (χ1v) is 7.46. The second-order valence-corrected chi connectivity index (χ2v) is 6.81. The average Bonchev–Trinajstić information content (AvgIpc) is 2.17. The van der Waals surface area contributed by atoms with Crippen LogP contribution in [-0.4, -0.2) is 34.1 Å². The maximum Gasteiger partial charge on any atom is 0.151 e. The van der Waals surface area contributed by atoms with E-state index in [1.165, 1.54) is 36.1 Å². The SMILES string of the molecule is N=C(N)SC1CCOC2(CCSCC2)C1. The van der Waals surface area contributed by atoms with Crippen LogP contribution in [0.15, 0.2) is 0 Å². The minimum Gasteiger partial charge on any atom is -0.379 e. The van der Waals surface area contributed by atoms with Gasteiger partial charge in [-0.15, -0.1) is 0 Å². The molecule has 0 aromatic rings. The summed E-state index contributed by atoms with van der Waals surface area (Å²) < 4.78 is 5.98. The summed E-state index contributed by atoms with van der Waals surface area (Å²) in [6, 6.07) is 0. The molecule has 0 radical (unpaired) electrons. The number of rotatable bonds is 1. The van der Waals surface area contributed by atoms with E-state index in [2.05, 4.69) is 0 Å². The molecule has 2 aliphatic heterocycles. The van der Waals surface area contributed by atoms with Gasteiger partial charge in [-0.25, -0.2) is 0 Å². The van der Waals surface area contributed by atoms with Crippen LogP contribution in [0.2, 0.25) is 0 Å². The molecule has 2 rings (SSSR count). The van der Waals surface area contributed by atoms with Gasteiger partial charge in [0.2, 0.25) is 0 Å². The lowest BCUT2D eigenvalue weighted by molar-refractivity contribution is -0.0804. The van der Waals surface area contributed by atoms with Crippen LogP contribution in [0.5, 0.6) is 0 Å².